The van der Waals surface area contributed by atoms with Gasteiger partial charge in [0.25, 0.3) is 0 Å². The normalized spacial score (nSPS) is 29.5. The highest BCUT2D eigenvalue weighted by Gasteiger charge is 2.58. The third-order valence-electron chi connectivity index (χ3n) is 8.67. The molecule has 18 nitrogen and oxygen atoms in total. The average Bonchev–Trinajstić information content (AvgIpc) is 3.14. The van der Waals surface area contributed by atoms with E-state index in [1.165, 1.54) is 25.1 Å². The quantitative estimate of drug-likeness (QED) is 0.227. The van der Waals surface area contributed by atoms with E-state index >= 15 is 0 Å². The number of halogens is 1. The van der Waals surface area contributed by atoms with Gasteiger partial charge in [0.15, 0.2) is 43.3 Å². The Morgan fingerprint density at radius 3 is 1.98 bits per heavy atom. The number of anilines is 1. The number of carbonyl (C=O) groups is 6. The topological polar surface area (TPSA) is 216 Å². The van der Waals surface area contributed by atoms with Crippen molar-refractivity contribution in [3.63, 3.8) is 0 Å². The fourth-order valence-electron chi connectivity index (χ4n) is 6.47. The first-order valence-corrected chi connectivity index (χ1v) is 18.3. The van der Waals surface area contributed by atoms with Gasteiger partial charge in [-0.05, 0) is 36.8 Å². The van der Waals surface area contributed by atoms with Crippen LogP contribution in [0, 0.1) is 0 Å². The van der Waals surface area contributed by atoms with Gasteiger partial charge in [0.1, 0.15) is 31.0 Å². The minimum absolute atomic E-state index is 0.0523. The lowest BCUT2D eigenvalue weighted by Gasteiger charge is -2.50. The third kappa shape index (κ3) is 11.7. The second kappa shape index (κ2) is 19.6. The SMILES string of the molecule is CC(=O)Nc1cc(CO[C@@H]2O[C@H](COC(=O)c3ccccc3)[C@@H](O[C@H]3O[C@@H]4CO[C@@H](C)O[C@H]4[C@H](OC(C)=O)[C@H]3OC(C)=O)[C@H](OC(C)=O)[C@H]2OC(C)=O)ccc1Cl. The van der Waals surface area contributed by atoms with E-state index in [0.717, 1.165) is 27.7 Å². The van der Waals surface area contributed by atoms with Gasteiger partial charge in [0.05, 0.1) is 29.5 Å². The highest BCUT2D eigenvalue weighted by molar-refractivity contribution is 6.33. The molecule has 0 aliphatic carbocycles. The maximum atomic E-state index is 13.2. The fourth-order valence-corrected chi connectivity index (χ4v) is 6.64. The van der Waals surface area contributed by atoms with Crippen molar-refractivity contribution >= 4 is 53.0 Å². The first-order valence-electron chi connectivity index (χ1n) is 17.9. The molecule has 0 unspecified atom stereocenters. The molecule has 5 rings (SSSR count). The molecule has 2 aromatic carbocycles. The van der Waals surface area contributed by atoms with E-state index in [0.29, 0.717) is 11.3 Å². The minimum atomic E-state index is -1.60. The van der Waals surface area contributed by atoms with Crippen LogP contribution in [0.1, 0.15) is 57.5 Å². The van der Waals surface area contributed by atoms with Gasteiger partial charge >= 0.3 is 29.8 Å². The Kier molecular flexibility index (Phi) is 15.0. The first-order chi connectivity index (χ1) is 27.1. The van der Waals surface area contributed by atoms with Crippen molar-refractivity contribution in [3.05, 3.63) is 64.7 Å². The molecule has 19 heteroatoms. The van der Waals surface area contributed by atoms with E-state index in [2.05, 4.69) is 5.32 Å². The van der Waals surface area contributed by atoms with Gasteiger partial charge in [-0.3, -0.25) is 24.0 Å². The second-order valence-electron chi connectivity index (χ2n) is 13.3. The first kappa shape index (κ1) is 43.4. The standard InChI is InChI=1S/C38H44ClNO17/c1-18(41)40-27-14-24(12-13-26(27)39)15-49-37-34(52-21(4)44)33(51-20(3)43)31(29(55-37)17-48-36(46)25-10-8-7-9-11-25)57-38-35(53-22(5)45)32(50-19(2)42)30-28(56-38)16-47-23(6)54-30/h7-14,23,28-35,37-38H,15-17H2,1-6H3,(H,40,41)/t23-,28-,29-,30-,31-,32+,33+,34-,35-,37-,38-/m1/s1. The highest BCUT2D eigenvalue weighted by Crippen LogP contribution is 2.37. The summed E-state index contributed by atoms with van der Waals surface area (Å²) in [5.41, 5.74) is 1.01. The summed E-state index contributed by atoms with van der Waals surface area (Å²) in [6, 6.07) is 12.8. The molecule has 11 atom stereocenters. The maximum Gasteiger partial charge on any atom is 0.338 e. The molecule has 0 radical (unpaired) electrons. The molecule has 0 aromatic heterocycles. The van der Waals surface area contributed by atoms with Crippen molar-refractivity contribution in [1.29, 1.82) is 0 Å². The summed E-state index contributed by atoms with van der Waals surface area (Å²) in [5.74, 6) is -4.31. The van der Waals surface area contributed by atoms with Crippen molar-refractivity contribution in [1.82, 2.24) is 0 Å². The van der Waals surface area contributed by atoms with Crippen LogP contribution in [-0.2, 0) is 82.7 Å². The number of nitrogens with one attached hydrogen (secondary N) is 1. The lowest BCUT2D eigenvalue weighted by atomic mass is 9.95. The van der Waals surface area contributed by atoms with E-state index in [-0.39, 0.29) is 29.7 Å². The molecule has 1 N–H and O–H groups in total. The van der Waals surface area contributed by atoms with Crippen LogP contribution in [0.4, 0.5) is 5.69 Å². The molecule has 310 valence electrons. The summed E-state index contributed by atoms with van der Waals surface area (Å²) in [5, 5.41) is 2.88. The molecule has 3 aliphatic rings. The minimum Gasteiger partial charge on any atom is -0.459 e. The van der Waals surface area contributed by atoms with Crippen LogP contribution in [0.2, 0.25) is 5.02 Å². The van der Waals surface area contributed by atoms with Crippen LogP contribution in [0.3, 0.4) is 0 Å². The number of hydrogen-bond donors (Lipinski definition) is 1. The predicted molar refractivity (Wildman–Crippen MR) is 192 cm³/mol. The number of benzene rings is 2. The Hall–Kier alpha value is -4.69. The molecule has 3 fully saturated rings. The van der Waals surface area contributed by atoms with E-state index < -0.39 is 104 Å². The van der Waals surface area contributed by atoms with E-state index in [4.69, 9.17) is 63.7 Å². The predicted octanol–water partition coefficient (Wildman–Crippen LogP) is 3.00. The van der Waals surface area contributed by atoms with Crippen molar-refractivity contribution in [2.24, 2.45) is 0 Å². The second-order valence-corrected chi connectivity index (χ2v) is 13.7. The molecule has 3 aliphatic heterocycles. The number of hydrogen-bond acceptors (Lipinski definition) is 17. The van der Waals surface area contributed by atoms with Gasteiger partial charge in [-0.2, -0.15) is 0 Å². The summed E-state index contributed by atoms with van der Waals surface area (Å²) in [6.45, 7) is 6.61. The molecule has 1 amide bonds. The van der Waals surface area contributed by atoms with Crippen LogP contribution in [0.5, 0.6) is 0 Å². The van der Waals surface area contributed by atoms with E-state index in [1.54, 1.807) is 37.3 Å². The van der Waals surface area contributed by atoms with Crippen LogP contribution in [0.15, 0.2) is 48.5 Å². The molecule has 3 heterocycles. The summed E-state index contributed by atoms with van der Waals surface area (Å²) < 4.78 is 65.1. The van der Waals surface area contributed by atoms with Gasteiger partial charge in [-0.15, -0.1) is 0 Å². The molecular weight excluding hydrogens is 778 g/mol. The zero-order chi connectivity index (χ0) is 41.4. The van der Waals surface area contributed by atoms with Crippen molar-refractivity contribution in [2.45, 2.75) is 116 Å². The lowest BCUT2D eigenvalue weighted by Crippen LogP contribution is -2.68. The molecule has 0 bridgehead atoms. The fraction of sp³-hybridized carbons (Fsp3) is 0.526. The zero-order valence-corrected chi connectivity index (χ0v) is 32.7. The summed E-state index contributed by atoms with van der Waals surface area (Å²) in [6.07, 6.45) is -14.5. The number of rotatable bonds is 13. The van der Waals surface area contributed by atoms with Crippen molar-refractivity contribution < 1.29 is 80.9 Å². The van der Waals surface area contributed by atoms with E-state index in [9.17, 15) is 28.8 Å². The summed E-state index contributed by atoms with van der Waals surface area (Å²) >= 11 is 6.25. The Balaban J connectivity index is 1.53. The molecule has 3 saturated heterocycles. The summed E-state index contributed by atoms with van der Waals surface area (Å²) in [7, 11) is 0. The third-order valence-corrected chi connectivity index (χ3v) is 9.00. The van der Waals surface area contributed by atoms with Crippen molar-refractivity contribution in [2.75, 3.05) is 18.5 Å². The van der Waals surface area contributed by atoms with Gasteiger partial charge in [0.2, 0.25) is 5.91 Å². The molecule has 2 aromatic rings. The van der Waals surface area contributed by atoms with Gasteiger partial charge < -0.3 is 57.4 Å². The van der Waals surface area contributed by atoms with Gasteiger partial charge in [-0.25, -0.2) is 4.79 Å². The Morgan fingerprint density at radius 1 is 0.737 bits per heavy atom. The maximum absolute atomic E-state index is 13.2. The smallest absolute Gasteiger partial charge is 0.338 e. The Labute approximate surface area is 332 Å². The Morgan fingerprint density at radius 2 is 1.35 bits per heavy atom. The highest BCUT2D eigenvalue weighted by atomic mass is 35.5. The summed E-state index contributed by atoms with van der Waals surface area (Å²) in [4.78, 5) is 75.2. The number of ether oxygens (including phenoxy) is 11. The Bertz CT molecular complexity index is 1780. The largest absolute Gasteiger partial charge is 0.459 e. The van der Waals surface area contributed by atoms with Gasteiger partial charge in [-0.1, -0.05) is 35.9 Å². The van der Waals surface area contributed by atoms with Crippen molar-refractivity contribution in [3.8, 4) is 0 Å². The molecule has 0 spiro atoms. The van der Waals surface area contributed by atoms with Crippen LogP contribution >= 0.6 is 11.6 Å². The zero-order valence-electron chi connectivity index (χ0n) is 31.9. The average molecular weight is 822 g/mol. The van der Waals surface area contributed by atoms with Gasteiger partial charge in [0, 0.05) is 34.6 Å². The van der Waals surface area contributed by atoms with Crippen LogP contribution in [0.25, 0.3) is 0 Å². The monoisotopic (exact) mass is 821 g/mol. The molecule has 57 heavy (non-hydrogen) atoms. The number of carbonyl (C=O) groups excluding carboxylic acids is 6. The number of fused-ring (bicyclic) bond motifs is 1. The molecule has 0 saturated carbocycles. The van der Waals surface area contributed by atoms with E-state index in [1.807, 2.05) is 0 Å². The lowest BCUT2D eigenvalue weighted by molar-refractivity contribution is -0.383. The van der Waals surface area contributed by atoms with Crippen LogP contribution < -0.4 is 5.32 Å². The number of amides is 1. The number of esters is 5. The molecular formula is C38H44ClNO17. The van der Waals surface area contributed by atoms with Crippen LogP contribution in [-0.4, -0.2) is 117 Å².